The Labute approximate surface area is 131 Å². The molecular formula is C15H25FNO4P. The first-order valence-corrected chi connectivity index (χ1v) is 9.06. The van der Waals surface area contributed by atoms with Crippen molar-refractivity contribution in [2.75, 3.05) is 13.2 Å². The molecule has 0 aliphatic rings. The zero-order valence-electron chi connectivity index (χ0n) is 13.5. The Kier molecular flexibility index (Phi) is 10.5. The standard InChI is InChI=1S/C13H19FNO4P.C2H6/c1-3-9-18-13(16)10-15-20(17,11(2)14)19-12-7-5-4-6-8-12;1-2/h4-8,11H,3,9-10H2,1-2H3,(H,15,17);1-2H3. The minimum Gasteiger partial charge on any atom is -0.465 e. The van der Waals surface area contributed by atoms with Gasteiger partial charge in [0.05, 0.1) is 6.61 Å². The largest absolute Gasteiger partial charge is 0.465 e. The first kappa shape index (κ1) is 20.6. The van der Waals surface area contributed by atoms with Gasteiger partial charge in [-0.25, -0.2) is 9.48 Å². The lowest BCUT2D eigenvalue weighted by Crippen LogP contribution is -2.27. The van der Waals surface area contributed by atoms with E-state index in [9.17, 15) is 13.8 Å². The fraction of sp³-hybridized carbons (Fsp3) is 0.533. The Morgan fingerprint density at radius 1 is 1.32 bits per heavy atom. The molecule has 1 aromatic carbocycles. The van der Waals surface area contributed by atoms with Crippen LogP contribution in [0.1, 0.15) is 34.1 Å². The highest BCUT2D eigenvalue weighted by Crippen LogP contribution is 2.48. The Bertz CT molecular complexity index is 468. The number of esters is 1. The van der Waals surface area contributed by atoms with Crippen LogP contribution < -0.4 is 9.61 Å². The molecule has 0 fully saturated rings. The molecule has 0 amide bonds. The SMILES string of the molecule is CC.CCCOC(=O)CNP(=O)(Oc1ccccc1)C(C)F. The average Bonchev–Trinajstić information content (AvgIpc) is 2.53. The lowest BCUT2D eigenvalue weighted by Gasteiger charge is -2.21. The molecule has 0 aromatic heterocycles. The number of hydrogen-bond acceptors (Lipinski definition) is 4. The predicted octanol–water partition coefficient (Wildman–Crippen LogP) is 4.14. The van der Waals surface area contributed by atoms with Crippen LogP contribution in [0.25, 0.3) is 0 Å². The Balaban J connectivity index is 0.00000211. The van der Waals surface area contributed by atoms with E-state index in [4.69, 9.17) is 9.26 Å². The first-order valence-electron chi connectivity index (χ1n) is 7.37. The van der Waals surface area contributed by atoms with E-state index in [1.807, 2.05) is 20.8 Å². The molecule has 0 aliphatic carbocycles. The summed E-state index contributed by atoms with van der Waals surface area (Å²) in [6, 6.07) is 8.24. The summed E-state index contributed by atoms with van der Waals surface area (Å²) in [4.78, 5) is 11.3. The zero-order chi connectivity index (χ0) is 17.0. The Hall–Kier alpha value is -1.39. The highest BCUT2D eigenvalue weighted by molar-refractivity contribution is 7.57. The fourth-order valence-electron chi connectivity index (χ4n) is 1.31. The van der Waals surface area contributed by atoms with Crippen molar-refractivity contribution in [1.29, 1.82) is 0 Å². The Morgan fingerprint density at radius 3 is 2.41 bits per heavy atom. The summed E-state index contributed by atoms with van der Waals surface area (Å²) in [6.07, 6.45) is 0.684. The van der Waals surface area contributed by atoms with Crippen LogP contribution in [-0.4, -0.2) is 25.0 Å². The molecule has 0 heterocycles. The molecule has 2 unspecified atom stereocenters. The third kappa shape index (κ3) is 7.57. The fourth-order valence-corrected chi connectivity index (χ4v) is 2.56. The summed E-state index contributed by atoms with van der Waals surface area (Å²) < 4.78 is 35.9. The lowest BCUT2D eigenvalue weighted by molar-refractivity contribution is -0.142. The van der Waals surface area contributed by atoms with Crippen molar-refractivity contribution in [2.24, 2.45) is 0 Å². The molecular weight excluding hydrogens is 308 g/mol. The first-order chi connectivity index (χ1) is 10.5. The van der Waals surface area contributed by atoms with Gasteiger partial charge < -0.3 is 9.26 Å². The highest BCUT2D eigenvalue weighted by Gasteiger charge is 2.33. The van der Waals surface area contributed by atoms with Gasteiger partial charge in [-0.1, -0.05) is 39.0 Å². The van der Waals surface area contributed by atoms with Gasteiger partial charge in [0.15, 0.2) is 5.91 Å². The van der Waals surface area contributed by atoms with Crippen molar-refractivity contribution in [3.05, 3.63) is 30.3 Å². The molecule has 5 nitrogen and oxygen atoms in total. The normalized spacial score (nSPS) is 14.0. The molecule has 0 aliphatic heterocycles. The van der Waals surface area contributed by atoms with E-state index in [-0.39, 0.29) is 18.9 Å². The third-order valence-electron chi connectivity index (χ3n) is 2.36. The molecule has 0 spiro atoms. The zero-order valence-corrected chi connectivity index (χ0v) is 14.4. The molecule has 0 bridgehead atoms. The number of ether oxygens (including phenoxy) is 1. The molecule has 7 heteroatoms. The second-order valence-corrected chi connectivity index (χ2v) is 6.54. The van der Waals surface area contributed by atoms with Crippen LogP contribution >= 0.6 is 7.52 Å². The van der Waals surface area contributed by atoms with E-state index in [0.29, 0.717) is 6.42 Å². The maximum atomic E-state index is 13.5. The van der Waals surface area contributed by atoms with Gasteiger partial charge in [0.1, 0.15) is 12.3 Å². The van der Waals surface area contributed by atoms with E-state index in [1.54, 1.807) is 30.3 Å². The van der Waals surface area contributed by atoms with Gasteiger partial charge in [0.2, 0.25) is 0 Å². The van der Waals surface area contributed by atoms with Crippen LogP contribution in [0.2, 0.25) is 0 Å². The van der Waals surface area contributed by atoms with E-state index in [1.165, 1.54) is 0 Å². The van der Waals surface area contributed by atoms with Gasteiger partial charge in [0, 0.05) is 0 Å². The summed E-state index contributed by atoms with van der Waals surface area (Å²) in [5.74, 6) is -2.07. The molecule has 1 aromatic rings. The lowest BCUT2D eigenvalue weighted by atomic mass is 10.3. The summed E-state index contributed by atoms with van der Waals surface area (Å²) in [5.41, 5.74) is 0. The van der Waals surface area contributed by atoms with Gasteiger partial charge in [0.25, 0.3) is 0 Å². The molecule has 0 saturated heterocycles. The van der Waals surface area contributed by atoms with Crippen molar-refractivity contribution < 1.29 is 23.0 Å². The maximum absolute atomic E-state index is 13.5. The monoisotopic (exact) mass is 333 g/mol. The number of hydrogen-bond donors (Lipinski definition) is 1. The second kappa shape index (κ2) is 11.2. The van der Waals surface area contributed by atoms with Crippen LogP contribution in [0.4, 0.5) is 4.39 Å². The molecule has 0 radical (unpaired) electrons. The number of nitrogens with one attached hydrogen (secondary N) is 1. The summed E-state index contributed by atoms with van der Waals surface area (Å²) in [6.45, 7) is 6.88. The van der Waals surface area contributed by atoms with Crippen molar-refractivity contribution in [2.45, 2.75) is 40.0 Å². The number of rotatable bonds is 8. The van der Waals surface area contributed by atoms with Crippen LogP contribution in [0.15, 0.2) is 30.3 Å². The van der Waals surface area contributed by atoms with Crippen LogP contribution in [-0.2, 0) is 14.1 Å². The van der Waals surface area contributed by atoms with Crippen LogP contribution in [0, 0.1) is 0 Å². The summed E-state index contributed by atoms with van der Waals surface area (Å²) in [5, 5.41) is 2.34. The predicted molar refractivity (Wildman–Crippen MR) is 85.8 cm³/mol. The number of benzene rings is 1. The van der Waals surface area contributed by atoms with Gasteiger partial charge in [-0.3, -0.25) is 9.36 Å². The third-order valence-corrected chi connectivity index (χ3v) is 4.38. The average molecular weight is 333 g/mol. The van der Waals surface area contributed by atoms with Crippen molar-refractivity contribution in [3.63, 3.8) is 0 Å². The smallest absolute Gasteiger partial charge is 0.350 e. The van der Waals surface area contributed by atoms with Crippen molar-refractivity contribution in [3.8, 4) is 5.75 Å². The van der Waals surface area contributed by atoms with Crippen molar-refractivity contribution >= 4 is 13.5 Å². The van der Waals surface area contributed by atoms with Gasteiger partial charge in [-0.15, -0.1) is 0 Å². The van der Waals surface area contributed by atoms with E-state index < -0.39 is 19.4 Å². The minimum atomic E-state index is -3.82. The quantitative estimate of drug-likeness (QED) is 0.572. The minimum absolute atomic E-state index is 0.273. The van der Waals surface area contributed by atoms with Crippen LogP contribution in [0.5, 0.6) is 5.75 Å². The van der Waals surface area contributed by atoms with Crippen molar-refractivity contribution in [1.82, 2.24) is 5.09 Å². The van der Waals surface area contributed by atoms with Crippen LogP contribution in [0.3, 0.4) is 0 Å². The van der Waals surface area contributed by atoms with Gasteiger partial charge in [-0.05, 0) is 25.5 Å². The number of halogens is 1. The Morgan fingerprint density at radius 2 is 1.91 bits per heavy atom. The second-order valence-electron chi connectivity index (χ2n) is 4.13. The number of carbonyl (C=O) groups is 1. The highest BCUT2D eigenvalue weighted by atomic mass is 31.2. The van der Waals surface area contributed by atoms with E-state index in [0.717, 1.165) is 6.92 Å². The molecule has 2 atom stereocenters. The summed E-state index contributed by atoms with van der Waals surface area (Å²) in [7, 11) is -3.82. The van der Waals surface area contributed by atoms with Gasteiger partial charge in [-0.2, -0.15) is 0 Å². The van der Waals surface area contributed by atoms with E-state index >= 15 is 0 Å². The van der Waals surface area contributed by atoms with Gasteiger partial charge >= 0.3 is 13.5 Å². The topological polar surface area (TPSA) is 64.6 Å². The van der Waals surface area contributed by atoms with E-state index in [2.05, 4.69) is 5.09 Å². The molecule has 1 N–H and O–H groups in total. The number of carbonyl (C=O) groups excluding carboxylic acids is 1. The molecule has 22 heavy (non-hydrogen) atoms. The number of para-hydroxylation sites is 1. The molecule has 0 saturated carbocycles. The maximum Gasteiger partial charge on any atom is 0.350 e. The molecule has 126 valence electrons. The number of alkyl halides is 1. The molecule has 1 rings (SSSR count). The summed E-state index contributed by atoms with van der Waals surface area (Å²) >= 11 is 0.